The molecule has 0 bridgehead atoms. The maximum Gasteiger partial charge on any atom is 0.251 e. The Hall–Kier alpha value is -1.62. The number of carbonyl (C=O) groups excluding carboxylic acids is 1. The predicted octanol–water partition coefficient (Wildman–Crippen LogP) is 2.18. The summed E-state index contributed by atoms with van der Waals surface area (Å²) >= 11 is 0. The second kappa shape index (κ2) is 10.2. The number of rotatable bonds is 10. The molecule has 0 heterocycles. The van der Waals surface area contributed by atoms with Gasteiger partial charge in [-0.1, -0.05) is 13.2 Å². The van der Waals surface area contributed by atoms with Gasteiger partial charge in [0.15, 0.2) is 0 Å². The SMILES string of the molecule is C=C(CO)C(=O)N(CC)CCCC(=C)/C(=C\C(C)F)NC. The summed E-state index contributed by atoms with van der Waals surface area (Å²) in [5.41, 5.74) is 1.70. The van der Waals surface area contributed by atoms with Crippen LogP contribution in [0.15, 0.2) is 36.1 Å². The highest BCUT2D eigenvalue weighted by atomic mass is 19.1. The molecule has 0 radical (unpaired) electrons. The van der Waals surface area contributed by atoms with E-state index >= 15 is 0 Å². The van der Waals surface area contributed by atoms with Gasteiger partial charge in [-0.2, -0.15) is 0 Å². The van der Waals surface area contributed by atoms with Crippen LogP contribution in [-0.2, 0) is 4.79 Å². The van der Waals surface area contributed by atoms with E-state index in [1.807, 2.05) is 6.92 Å². The molecule has 1 atom stereocenters. The van der Waals surface area contributed by atoms with E-state index in [4.69, 9.17) is 5.11 Å². The molecule has 0 aliphatic heterocycles. The van der Waals surface area contributed by atoms with Crippen LogP contribution in [-0.4, -0.2) is 48.8 Å². The summed E-state index contributed by atoms with van der Waals surface area (Å²) in [5.74, 6) is -0.229. The Morgan fingerprint density at radius 1 is 1.43 bits per heavy atom. The van der Waals surface area contributed by atoms with Crippen LogP contribution in [0.3, 0.4) is 0 Å². The number of aliphatic hydroxyl groups is 1. The molecule has 4 nitrogen and oxygen atoms in total. The van der Waals surface area contributed by atoms with Crippen molar-refractivity contribution in [3.05, 3.63) is 36.1 Å². The normalized spacial score (nSPS) is 12.7. The largest absolute Gasteiger partial charge is 0.391 e. The topological polar surface area (TPSA) is 52.6 Å². The van der Waals surface area contributed by atoms with Gasteiger partial charge in [0.1, 0.15) is 6.17 Å². The van der Waals surface area contributed by atoms with E-state index in [1.165, 1.54) is 13.0 Å². The van der Waals surface area contributed by atoms with Crippen molar-refractivity contribution in [2.24, 2.45) is 0 Å². The molecule has 0 saturated carbocycles. The summed E-state index contributed by atoms with van der Waals surface area (Å²) in [6, 6.07) is 0. The molecule has 5 heteroatoms. The highest BCUT2D eigenvalue weighted by molar-refractivity contribution is 5.92. The average Bonchev–Trinajstić information content (AvgIpc) is 2.47. The number of halogens is 1. The van der Waals surface area contributed by atoms with E-state index in [9.17, 15) is 9.18 Å². The molecule has 2 N–H and O–H groups in total. The van der Waals surface area contributed by atoms with Gasteiger partial charge in [-0.25, -0.2) is 4.39 Å². The summed E-state index contributed by atoms with van der Waals surface area (Å²) < 4.78 is 13.0. The molecule has 0 saturated heterocycles. The van der Waals surface area contributed by atoms with Crippen LogP contribution < -0.4 is 5.32 Å². The third-order valence-corrected chi connectivity index (χ3v) is 3.12. The summed E-state index contributed by atoms with van der Waals surface area (Å²) in [4.78, 5) is 13.5. The first kappa shape index (κ1) is 19.4. The van der Waals surface area contributed by atoms with E-state index in [2.05, 4.69) is 18.5 Å². The molecular formula is C16H27FN2O2. The van der Waals surface area contributed by atoms with E-state index in [1.54, 1.807) is 11.9 Å². The molecule has 0 fully saturated rings. The van der Waals surface area contributed by atoms with Gasteiger partial charge < -0.3 is 15.3 Å². The van der Waals surface area contributed by atoms with Crippen LogP contribution in [0.1, 0.15) is 26.7 Å². The maximum atomic E-state index is 13.0. The highest BCUT2D eigenvalue weighted by Gasteiger charge is 2.14. The smallest absolute Gasteiger partial charge is 0.251 e. The second-order valence-electron chi connectivity index (χ2n) is 4.86. The van der Waals surface area contributed by atoms with E-state index in [0.717, 1.165) is 12.0 Å². The van der Waals surface area contributed by atoms with Gasteiger partial charge in [-0.15, -0.1) is 0 Å². The number of aliphatic hydroxyl groups excluding tert-OH is 1. The lowest BCUT2D eigenvalue weighted by molar-refractivity contribution is -0.127. The second-order valence-corrected chi connectivity index (χ2v) is 4.86. The lowest BCUT2D eigenvalue weighted by atomic mass is 10.1. The van der Waals surface area contributed by atoms with Gasteiger partial charge in [-0.3, -0.25) is 4.79 Å². The van der Waals surface area contributed by atoms with Crippen molar-refractivity contribution in [1.82, 2.24) is 10.2 Å². The third-order valence-electron chi connectivity index (χ3n) is 3.12. The van der Waals surface area contributed by atoms with Crippen LogP contribution in [0.2, 0.25) is 0 Å². The number of allylic oxidation sites excluding steroid dienone is 2. The number of nitrogens with one attached hydrogen (secondary N) is 1. The third kappa shape index (κ3) is 7.09. The fourth-order valence-electron chi connectivity index (χ4n) is 1.92. The Morgan fingerprint density at radius 3 is 2.48 bits per heavy atom. The van der Waals surface area contributed by atoms with Crippen LogP contribution >= 0.6 is 0 Å². The first-order valence-electron chi connectivity index (χ1n) is 7.17. The molecule has 0 aliphatic carbocycles. The van der Waals surface area contributed by atoms with Crippen LogP contribution in [0.25, 0.3) is 0 Å². The molecule has 0 aliphatic rings. The monoisotopic (exact) mass is 298 g/mol. The van der Waals surface area contributed by atoms with Gasteiger partial charge in [0, 0.05) is 31.4 Å². The first-order valence-corrected chi connectivity index (χ1v) is 7.17. The first-order chi connectivity index (χ1) is 9.87. The van der Waals surface area contributed by atoms with Crippen molar-refractivity contribution in [3.63, 3.8) is 0 Å². The van der Waals surface area contributed by atoms with Crippen LogP contribution in [0, 0.1) is 0 Å². The Morgan fingerprint density at radius 2 is 2.05 bits per heavy atom. The summed E-state index contributed by atoms with van der Waals surface area (Å²) in [5, 5.41) is 11.9. The fraction of sp³-hybridized carbons (Fsp3) is 0.562. The predicted molar refractivity (Wildman–Crippen MR) is 84.6 cm³/mol. The average molecular weight is 298 g/mol. The number of alkyl halides is 1. The molecule has 0 spiro atoms. The molecule has 0 rings (SSSR count). The van der Waals surface area contributed by atoms with Gasteiger partial charge in [0.25, 0.3) is 5.91 Å². The zero-order valence-electron chi connectivity index (χ0n) is 13.3. The molecule has 1 amide bonds. The number of hydrogen-bond acceptors (Lipinski definition) is 3. The number of likely N-dealkylation sites (N-methyl/N-ethyl adjacent to an activating group) is 2. The van der Waals surface area contributed by atoms with Gasteiger partial charge >= 0.3 is 0 Å². The minimum Gasteiger partial charge on any atom is -0.391 e. The number of amides is 1. The van der Waals surface area contributed by atoms with Crippen molar-refractivity contribution >= 4 is 5.91 Å². The van der Waals surface area contributed by atoms with E-state index in [0.29, 0.717) is 25.2 Å². The zero-order chi connectivity index (χ0) is 16.4. The van der Waals surface area contributed by atoms with Gasteiger partial charge in [0.05, 0.1) is 6.61 Å². The molecule has 1 unspecified atom stereocenters. The summed E-state index contributed by atoms with van der Waals surface area (Å²) in [6.45, 7) is 11.6. The number of carbonyl (C=O) groups is 1. The summed E-state index contributed by atoms with van der Waals surface area (Å²) in [6.07, 6.45) is 1.83. The highest BCUT2D eigenvalue weighted by Crippen LogP contribution is 2.14. The number of hydrogen-bond donors (Lipinski definition) is 2. The lowest BCUT2D eigenvalue weighted by Crippen LogP contribution is -2.33. The van der Waals surface area contributed by atoms with Crippen molar-refractivity contribution in [2.45, 2.75) is 32.9 Å². The molecule has 0 aromatic carbocycles. The van der Waals surface area contributed by atoms with Crippen LogP contribution in [0.4, 0.5) is 4.39 Å². The van der Waals surface area contributed by atoms with Crippen molar-refractivity contribution in [2.75, 3.05) is 26.7 Å². The maximum absolute atomic E-state index is 13.0. The van der Waals surface area contributed by atoms with Crippen LogP contribution in [0.5, 0.6) is 0 Å². The zero-order valence-corrected chi connectivity index (χ0v) is 13.3. The molecule has 120 valence electrons. The minimum absolute atomic E-state index is 0.192. The number of nitrogens with zero attached hydrogens (tertiary/aromatic N) is 1. The Kier molecular flexibility index (Phi) is 9.37. The molecule has 0 aromatic rings. The van der Waals surface area contributed by atoms with Crippen molar-refractivity contribution in [3.8, 4) is 0 Å². The molecular weight excluding hydrogens is 271 g/mol. The molecule has 21 heavy (non-hydrogen) atoms. The fourth-order valence-corrected chi connectivity index (χ4v) is 1.92. The Bertz CT molecular complexity index is 403. The summed E-state index contributed by atoms with van der Waals surface area (Å²) in [7, 11) is 1.73. The standard InChI is InChI=1S/C16H27FN2O2/c1-6-19(16(21)13(3)11-20)9-7-8-12(2)15(18-5)10-14(4)17/h10,14,18,20H,2-3,6-9,11H2,1,4-5H3/b15-10+. The van der Waals surface area contributed by atoms with Gasteiger partial charge in [-0.05, 0) is 38.3 Å². The quantitative estimate of drug-likeness (QED) is 0.480. The Labute approximate surface area is 127 Å². The van der Waals surface area contributed by atoms with Crippen molar-refractivity contribution < 1.29 is 14.3 Å². The van der Waals surface area contributed by atoms with Crippen molar-refractivity contribution in [1.29, 1.82) is 0 Å². The lowest BCUT2D eigenvalue weighted by Gasteiger charge is -2.22. The van der Waals surface area contributed by atoms with E-state index in [-0.39, 0.29) is 18.1 Å². The minimum atomic E-state index is -1.04. The van der Waals surface area contributed by atoms with E-state index < -0.39 is 6.17 Å². The molecule has 0 aromatic heterocycles. The Balaban J connectivity index is 4.43. The van der Waals surface area contributed by atoms with Gasteiger partial charge in [0.2, 0.25) is 0 Å².